The molecule has 0 unspecified atom stereocenters. The van der Waals surface area contributed by atoms with E-state index in [1.54, 1.807) is 0 Å². The predicted octanol–water partition coefficient (Wildman–Crippen LogP) is 4.34. The van der Waals surface area contributed by atoms with Gasteiger partial charge in [0.15, 0.2) is 0 Å². The van der Waals surface area contributed by atoms with E-state index in [4.69, 9.17) is 0 Å². The van der Waals surface area contributed by atoms with Crippen LogP contribution in [-0.4, -0.2) is 0 Å². The molecule has 0 heterocycles. The highest BCUT2D eigenvalue weighted by molar-refractivity contribution is 5.02. The fourth-order valence-corrected chi connectivity index (χ4v) is 1.26. The summed E-state index contributed by atoms with van der Waals surface area (Å²) in [5.74, 6) is 0.788. The molecular weight excluding hydrogens is 144 g/mol. The van der Waals surface area contributed by atoms with Crippen molar-refractivity contribution in [1.29, 1.82) is 0 Å². The average molecular weight is 166 g/mol. The van der Waals surface area contributed by atoms with Gasteiger partial charge < -0.3 is 0 Å². The summed E-state index contributed by atoms with van der Waals surface area (Å²) in [7, 11) is 0. The SMILES string of the molecule is CCC=CCC=C(C)CC(C)C. The Morgan fingerprint density at radius 1 is 1.25 bits per heavy atom. The van der Waals surface area contributed by atoms with Crippen LogP contribution in [0.25, 0.3) is 0 Å². The maximum absolute atomic E-state index is 2.33. The minimum Gasteiger partial charge on any atom is -0.0885 e. The van der Waals surface area contributed by atoms with Gasteiger partial charge in [-0.2, -0.15) is 0 Å². The van der Waals surface area contributed by atoms with E-state index in [2.05, 4.69) is 45.9 Å². The van der Waals surface area contributed by atoms with Crippen molar-refractivity contribution in [1.82, 2.24) is 0 Å². The van der Waals surface area contributed by atoms with E-state index >= 15 is 0 Å². The molecule has 0 aromatic rings. The highest BCUT2D eigenvalue weighted by Gasteiger charge is 1.93. The smallest absolute Gasteiger partial charge is 0.0167 e. The van der Waals surface area contributed by atoms with Crippen molar-refractivity contribution in [3.8, 4) is 0 Å². The van der Waals surface area contributed by atoms with Crippen molar-refractivity contribution in [2.24, 2.45) is 5.92 Å². The van der Waals surface area contributed by atoms with Crippen molar-refractivity contribution in [2.45, 2.75) is 47.0 Å². The van der Waals surface area contributed by atoms with Crippen LogP contribution in [0.2, 0.25) is 0 Å². The first-order chi connectivity index (χ1) is 5.66. The standard InChI is InChI=1S/C12H22/c1-5-6-7-8-9-12(4)10-11(2)3/h6-7,9,11H,5,8,10H2,1-4H3. The fraction of sp³-hybridized carbons (Fsp3) is 0.667. The summed E-state index contributed by atoms with van der Waals surface area (Å²) >= 11 is 0. The van der Waals surface area contributed by atoms with Gasteiger partial charge in [-0.1, -0.05) is 44.6 Å². The van der Waals surface area contributed by atoms with E-state index in [1.165, 1.54) is 12.0 Å². The van der Waals surface area contributed by atoms with Crippen LogP contribution in [0.15, 0.2) is 23.8 Å². The molecule has 0 N–H and O–H groups in total. The Labute approximate surface area is 77.4 Å². The molecule has 0 rings (SSSR count). The minimum atomic E-state index is 0.788. The lowest BCUT2D eigenvalue weighted by Crippen LogP contribution is -1.87. The second kappa shape index (κ2) is 7.15. The van der Waals surface area contributed by atoms with Crippen LogP contribution in [0.3, 0.4) is 0 Å². The molecule has 0 bridgehead atoms. The zero-order valence-electron chi connectivity index (χ0n) is 8.93. The maximum atomic E-state index is 2.33. The van der Waals surface area contributed by atoms with Crippen LogP contribution in [-0.2, 0) is 0 Å². The molecule has 0 spiro atoms. The number of allylic oxidation sites excluding steroid dienone is 4. The van der Waals surface area contributed by atoms with Crippen LogP contribution in [0.4, 0.5) is 0 Å². The van der Waals surface area contributed by atoms with Gasteiger partial charge in [0.25, 0.3) is 0 Å². The molecule has 0 heteroatoms. The molecule has 0 aliphatic heterocycles. The van der Waals surface area contributed by atoms with Gasteiger partial charge in [-0.25, -0.2) is 0 Å². The zero-order valence-corrected chi connectivity index (χ0v) is 8.93. The largest absolute Gasteiger partial charge is 0.0885 e. The molecule has 0 atom stereocenters. The first-order valence-electron chi connectivity index (χ1n) is 4.97. The van der Waals surface area contributed by atoms with Crippen molar-refractivity contribution < 1.29 is 0 Å². The lowest BCUT2D eigenvalue weighted by atomic mass is 10.0. The average Bonchev–Trinajstić information content (AvgIpc) is 1.97. The molecule has 0 radical (unpaired) electrons. The molecule has 0 nitrogen and oxygen atoms in total. The topological polar surface area (TPSA) is 0 Å². The molecule has 12 heavy (non-hydrogen) atoms. The summed E-state index contributed by atoms with van der Waals surface area (Å²) in [6, 6.07) is 0. The summed E-state index contributed by atoms with van der Waals surface area (Å²) in [5, 5.41) is 0. The van der Waals surface area contributed by atoms with E-state index in [9.17, 15) is 0 Å². The highest BCUT2D eigenvalue weighted by Crippen LogP contribution is 2.10. The van der Waals surface area contributed by atoms with Crippen molar-refractivity contribution in [3.05, 3.63) is 23.8 Å². The van der Waals surface area contributed by atoms with Gasteiger partial charge in [-0.15, -0.1) is 0 Å². The van der Waals surface area contributed by atoms with Crippen LogP contribution in [0, 0.1) is 5.92 Å². The third kappa shape index (κ3) is 7.59. The third-order valence-corrected chi connectivity index (χ3v) is 1.73. The second-order valence-corrected chi connectivity index (χ2v) is 3.76. The van der Waals surface area contributed by atoms with Gasteiger partial charge in [0.2, 0.25) is 0 Å². The lowest BCUT2D eigenvalue weighted by Gasteiger charge is -2.03. The van der Waals surface area contributed by atoms with E-state index in [0.717, 1.165) is 18.8 Å². The predicted molar refractivity (Wildman–Crippen MR) is 57.3 cm³/mol. The lowest BCUT2D eigenvalue weighted by molar-refractivity contribution is 0.641. The Kier molecular flexibility index (Phi) is 6.84. The van der Waals surface area contributed by atoms with Crippen molar-refractivity contribution in [2.75, 3.05) is 0 Å². The summed E-state index contributed by atoms with van der Waals surface area (Å²) in [5.41, 5.74) is 1.52. The molecule has 0 fully saturated rings. The van der Waals surface area contributed by atoms with Gasteiger partial charge in [-0.05, 0) is 32.1 Å². The van der Waals surface area contributed by atoms with Crippen LogP contribution >= 0.6 is 0 Å². The summed E-state index contributed by atoms with van der Waals surface area (Å²) < 4.78 is 0. The Bertz CT molecular complexity index is 149. The molecule has 0 amide bonds. The summed E-state index contributed by atoms with van der Waals surface area (Å²) in [6.07, 6.45) is 10.3. The van der Waals surface area contributed by atoms with Crippen molar-refractivity contribution in [3.63, 3.8) is 0 Å². The van der Waals surface area contributed by atoms with Gasteiger partial charge >= 0.3 is 0 Å². The normalized spacial score (nSPS) is 13.2. The Morgan fingerprint density at radius 3 is 2.42 bits per heavy atom. The Hall–Kier alpha value is -0.520. The van der Waals surface area contributed by atoms with Gasteiger partial charge in [0.1, 0.15) is 0 Å². The summed E-state index contributed by atoms with van der Waals surface area (Å²) in [6.45, 7) is 8.92. The number of hydrogen-bond donors (Lipinski definition) is 0. The Morgan fingerprint density at radius 2 is 1.92 bits per heavy atom. The maximum Gasteiger partial charge on any atom is -0.0167 e. The quantitative estimate of drug-likeness (QED) is 0.533. The van der Waals surface area contributed by atoms with E-state index in [1.807, 2.05) is 0 Å². The van der Waals surface area contributed by atoms with Gasteiger partial charge in [-0.3, -0.25) is 0 Å². The molecule has 0 aromatic heterocycles. The molecule has 0 aliphatic carbocycles. The first kappa shape index (κ1) is 11.5. The zero-order chi connectivity index (χ0) is 9.40. The van der Waals surface area contributed by atoms with Crippen LogP contribution in [0.1, 0.15) is 47.0 Å². The third-order valence-electron chi connectivity index (χ3n) is 1.73. The molecule has 0 saturated heterocycles. The monoisotopic (exact) mass is 166 g/mol. The summed E-state index contributed by atoms with van der Waals surface area (Å²) in [4.78, 5) is 0. The highest BCUT2D eigenvalue weighted by atomic mass is 14.0. The molecule has 0 saturated carbocycles. The number of hydrogen-bond acceptors (Lipinski definition) is 0. The van der Waals surface area contributed by atoms with Crippen molar-refractivity contribution >= 4 is 0 Å². The van der Waals surface area contributed by atoms with Gasteiger partial charge in [0, 0.05) is 0 Å². The Balaban J connectivity index is 3.61. The molecular formula is C12H22. The van der Waals surface area contributed by atoms with E-state index < -0.39 is 0 Å². The van der Waals surface area contributed by atoms with E-state index in [0.29, 0.717) is 0 Å². The number of rotatable bonds is 5. The fourth-order valence-electron chi connectivity index (χ4n) is 1.26. The van der Waals surface area contributed by atoms with Gasteiger partial charge in [0.05, 0.1) is 0 Å². The van der Waals surface area contributed by atoms with Crippen LogP contribution in [0.5, 0.6) is 0 Å². The molecule has 70 valence electrons. The minimum absolute atomic E-state index is 0.788. The molecule has 0 aliphatic rings. The van der Waals surface area contributed by atoms with E-state index in [-0.39, 0.29) is 0 Å². The second-order valence-electron chi connectivity index (χ2n) is 3.76. The molecule has 0 aromatic carbocycles. The first-order valence-corrected chi connectivity index (χ1v) is 4.97. The van der Waals surface area contributed by atoms with Crippen LogP contribution < -0.4 is 0 Å².